The van der Waals surface area contributed by atoms with Crippen molar-refractivity contribution in [2.45, 2.75) is 30.1 Å². The molecule has 5 heteroatoms. The van der Waals surface area contributed by atoms with E-state index in [1.807, 2.05) is 31.2 Å². The van der Waals surface area contributed by atoms with Gasteiger partial charge < -0.3 is 10.0 Å². The van der Waals surface area contributed by atoms with Crippen LogP contribution in [0.1, 0.15) is 18.9 Å². The van der Waals surface area contributed by atoms with Crippen LogP contribution in [-0.2, 0) is 4.79 Å². The minimum atomic E-state index is 0.0371. The quantitative estimate of drug-likeness (QED) is 0.500. The summed E-state index contributed by atoms with van der Waals surface area (Å²) in [6, 6.07) is 16.1. The second kappa shape index (κ2) is 9.45. The number of thioether (sulfide) groups is 1. The molecule has 2 aromatic carbocycles. The fourth-order valence-electron chi connectivity index (χ4n) is 1.87. The van der Waals surface area contributed by atoms with Crippen LogP contribution in [0.5, 0.6) is 0 Å². The van der Waals surface area contributed by atoms with E-state index in [9.17, 15) is 4.79 Å². The Morgan fingerprint density at radius 1 is 1.04 bits per heavy atom. The first kappa shape index (κ1) is 18.5. The highest BCUT2D eigenvalue weighted by molar-refractivity contribution is 7.99. The molecule has 0 aromatic heterocycles. The predicted molar refractivity (Wildman–Crippen MR) is 105 cm³/mol. The molecule has 126 valence electrons. The fraction of sp³-hybridized carbons (Fsp3) is 0.211. The Morgan fingerprint density at radius 3 is 2.29 bits per heavy atom. The topological polar surface area (TPSA) is 41.1 Å². The molecule has 0 radical (unpaired) electrons. The van der Waals surface area contributed by atoms with Gasteiger partial charge in [-0.3, -0.25) is 4.79 Å². The number of nitrogens with one attached hydrogen (secondary N) is 2. The molecule has 0 aliphatic carbocycles. The molecule has 0 unspecified atom stereocenters. The summed E-state index contributed by atoms with van der Waals surface area (Å²) in [7, 11) is 0. The molecule has 2 aromatic rings. The van der Waals surface area contributed by atoms with Crippen molar-refractivity contribution in [2.24, 2.45) is 0 Å². The van der Waals surface area contributed by atoms with Gasteiger partial charge in [0, 0.05) is 33.3 Å². The van der Waals surface area contributed by atoms with Crippen molar-refractivity contribution in [3.8, 4) is 0 Å². The van der Waals surface area contributed by atoms with E-state index in [-0.39, 0.29) is 5.91 Å². The average Bonchev–Trinajstić information content (AvgIpc) is 2.56. The number of carbonyl (C=O) groups is 1. The molecule has 0 aliphatic heterocycles. The predicted octanol–water partition coefficient (Wildman–Crippen LogP) is 5.25. The van der Waals surface area contributed by atoms with Gasteiger partial charge in [-0.2, -0.15) is 0 Å². The molecular formula is C19H22N2OS2. The van der Waals surface area contributed by atoms with Crippen LogP contribution in [0.3, 0.4) is 0 Å². The molecule has 0 atom stereocenters. The number of anilines is 1. The molecule has 0 saturated heterocycles. The summed E-state index contributed by atoms with van der Waals surface area (Å²) in [5, 5.41) is 2.93. The second-order valence-electron chi connectivity index (χ2n) is 5.47. The average molecular weight is 359 g/mol. The summed E-state index contributed by atoms with van der Waals surface area (Å²) in [5.74, 6) is 0.806. The van der Waals surface area contributed by atoms with Crippen LogP contribution in [0.15, 0.2) is 70.6 Å². The van der Waals surface area contributed by atoms with Crippen LogP contribution in [-0.4, -0.2) is 11.7 Å². The summed E-state index contributed by atoms with van der Waals surface area (Å²) in [6.07, 6.45) is 0.492. The van der Waals surface area contributed by atoms with Crippen molar-refractivity contribution < 1.29 is 4.79 Å². The monoisotopic (exact) mass is 358 g/mol. The van der Waals surface area contributed by atoms with Crippen LogP contribution >= 0.6 is 23.7 Å². The Bertz CT molecular complexity index is 682. The lowest BCUT2D eigenvalue weighted by molar-refractivity contribution is -0.115. The van der Waals surface area contributed by atoms with Crippen LogP contribution in [0.25, 0.3) is 0 Å². The first-order valence-corrected chi connectivity index (χ1v) is 9.51. The third-order valence-corrected chi connectivity index (χ3v) is 5.07. The number of carbonyl (C=O) groups excluding carboxylic acids is 1. The summed E-state index contributed by atoms with van der Waals surface area (Å²) >= 11 is 3.20. The summed E-state index contributed by atoms with van der Waals surface area (Å²) in [6.45, 7) is 7.77. The van der Waals surface area contributed by atoms with E-state index in [1.54, 1.807) is 11.8 Å². The molecule has 0 saturated carbocycles. The number of rotatable bonds is 8. The van der Waals surface area contributed by atoms with Gasteiger partial charge in [0.25, 0.3) is 0 Å². The Morgan fingerprint density at radius 2 is 1.67 bits per heavy atom. The molecule has 24 heavy (non-hydrogen) atoms. The molecule has 2 rings (SSSR count). The van der Waals surface area contributed by atoms with E-state index >= 15 is 0 Å². The summed E-state index contributed by atoms with van der Waals surface area (Å²) < 4.78 is 3.10. The first-order valence-electron chi connectivity index (χ1n) is 7.71. The zero-order valence-electron chi connectivity index (χ0n) is 14.0. The van der Waals surface area contributed by atoms with E-state index in [0.717, 1.165) is 22.0 Å². The highest BCUT2D eigenvalue weighted by atomic mass is 32.2. The van der Waals surface area contributed by atoms with Gasteiger partial charge in [0.2, 0.25) is 5.91 Å². The van der Waals surface area contributed by atoms with Crippen LogP contribution in [0.2, 0.25) is 0 Å². The lowest BCUT2D eigenvalue weighted by Crippen LogP contribution is -2.12. The van der Waals surface area contributed by atoms with Gasteiger partial charge in [-0.05, 0) is 62.2 Å². The number of allylic oxidation sites excluding steroid dienone is 1. The Hall–Kier alpha value is -1.85. The van der Waals surface area contributed by atoms with E-state index in [1.165, 1.54) is 22.4 Å². The van der Waals surface area contributed by atoms with Crippen LogP contribution < -0.4 is 10.0 Å². The van der Waals surface area contributed by atoms with Crippen molar-refractivity contribution in [1.82, 2.24) is 4.72 Å². The maximum Gasteiger partial charge on any atom is 0.225 e. The van der Waals surface area contributed by atoms with Gasteiger partial charge in [0.15, 0.2) is 0 Å². The third kappa shape index (κ3) is 6.72. The van der Waals surface area contributed by atoms with Crippen molar-refractivity contribution in [3.63, 3.8) is 0 Å². The first-order chi connectivity index (χ1) is 11.5. The molecular weight excluding hydrogens is 336 g/mol. The standard InChI is InChI=1S/C19H22N2OS2/c1-14(2)21-24-18-10-6-16(7-11-18)20-19(22)12-13-23-17-8-4-15(3)5-9-17/h4-11,21H,1,12-13H2,2-3H3,(H,20,22). The van der Waals surface area contributed by atoms with Gasteiger partial charge in [0.1, 0.15) is 0 Å². The smallest absolute Gasteiger partial charge is 0.225 e. The van der Waals surface area contributed by atoms with E-state index in [2.05, 4.69) is 47.8 Å². The minimum absolute atomic E-state index is 0.0371. The molecule has 2 N–H and O–H groups in total. The molecule has 0 bridgehead atoms. The van der Waals surface area contributed by atoms with Gasteiger partial charge in [0.05, 0.1) is 0 Å². The number of aryl methyl sites for hydroxylation is 1. The van der Waals surface area contributed by atoms with Crippen LogP contribution in [0.4, 0.5) is 5.69 Å². The van der Waals surface area contributed by atoms with Crippen molar-refractivity contribution in [3.05, 3.63) is 66.4 Å². The van der Waals surface area contributed by atoms with Gasteiger partial charge in [-0.15, -0.1) is 11.8 Å². The Labute approximate surface area is 152 Å². The van der Waals surface area contributed by atoms with E-state index in [0.29, 0.717) is 6.42 Å². The van der Waals surface area contributed by atoms with Gasteiger partial charge in [-0.1, -0.05) is 24.3 Å². The number of hydrogen-bond acceptors (Lipinski definition) is 4. The molecule has 0 fully saturated rings. The second-order valence-corrected chi connectivity index (χ2v) is 7.52. The Balaban J connectivity index is 1.73. The van der Waals surface area contributed by atoms with Crippen molar-refractivity contribution in [1.29, 1.82) is 0 Å². The maximum absolute atomic E-state index is 12.0. The largest absolute Gasteiger partial charge is 0.330 e. The molecule has 0 spiro atoms. The van der Waals surface area contributed by atoms with Crippen molar-refractivity contribution >= 4 is 35.3 Å². The van der Waals surface area contributed by atoms with E-state index in [4.69, 9.17) is 0 Å². The highest BCUT2D eigenvalue weighted by Gasteiger charge is 2.04. The van der Waals surface area contributed by atoms with Gasteiger partial charge in [-0.25, -0.2) is 0 Å². The Kier molecular flexibility index (Phi) is 7.28. The number of hydrogen-bond donors (Lipinski definition) is 2. The van der Waals surface area contributed by atoms with Crippen molar-refractivity contribution in [2.75, 3.05) is 11.1 Å². The zero-order chi connectivity index (χ0) is 17.4. The molecule has 3 nitrogen and oxygen atoms in total. The number of benzene rings is 2. The molecule has 0 aliphatic rings. The third-order valence-electron chi connectivity index (χ3n) is 3.10. The fourth-order valence-corrected chi connectivity index (χ4v) is 3.29. The zero-order valence-corrected chi connectivity index (χ0v) is 15.6. The molecule has 0 heterocycles. The SMILES string of the molecule is C=C(C)NSc1ccc(NC(=O)CCSc2ccc(C)cc2)cc1. The summed E-state index contributed by atoms with van der Waals surface area (Å²) in [5.41, 5.74) is 2.97. The lowest BCUT2D eigenvalue weighted by Gasteiger charge is -2.07. The lowest BCUT2D eigenvalue weighted by atomic mass is 10.2. The van der Waals surface area contributed by atoms with E-state index < -0.39 is 0 Å². The van der Waals surface area contributed by atoms with Gasteiger partial charge >= 0.3 is 0 Å². The normalized spacial score (nSPS) is 10.2. The molecule has 1 amide bonds. The van der Waals surface area contributed by atoms with Crippen LogP contribution in [0, 0.1) is 6.92 Å². The summed E-state index contributed by atoms with van der Waals surface area (Å²) in [4.78, 5) is 14.3. The maximum atomic E-state index is 12.0. The number of amides is 1. The highest BCUT2D eigenvalue weighted by Crippen LogP contribution is 2.21. The minimum Gasteiger partial charge on any atom is -0.330 e.